The molecule has 0 spiro atoms. The van der Waals surface area contributed by atoms with Crippen LogP contribution in [0.5, 0.6) is 0 Å². The Kier molecular flexibility index (Phi) is 5.71. The number of rotatable bonds is 6. The van der Waals surface area contributed by atoms with Crippen LogP contribution in [-0.4, -0.2) is 36.9 Å². The first-order valence-corrected chi connectivity index (χ1v) is 8.75. The topological polar surface area (TPSA) is 62.6 Å². The molecule has 27 heavy (non-hydrogen) atoms. The molecule has 3 rings (SSSR count). The lowest BCUT2D eigenvalue weighted by Gasteiger charge is -2.21. The molecule has 0 fully saturated rings. The van der Waals surface area contributed by atoms with Crippen LogP contribution >= 0.6 is 0 Å². The van der Waals surface area contributed by atoms with E-state index in [0.717, 1.165) is 16.5 Å². The van der Waals surface area contributed by atoms with Gasteiger partial charge in [0.15, 0.2) is 0 Å². The number of carbonyl (C=O) groups is 2. The third-order valence-electron chi connectivity index (χ3n) is 4.18. The van der Waals surface area contributed by atoms with Crippen LogP contribution in [0.4, 0.5) is 0 Å². The van der Waals surface area contributed by atoms with Gasteiger partial charge in [0.05, 0.1) is 0 Å². The molecular weight excluding hydrogens is 340 g/mol. The average molecular weight is 362 g/mol. The van der Waals surface area contributed by atoms with Gasteiger partial charge in [-0.15, -0.1) is 0 Å². The van der Waals surface area contributed by atoms with Crippen LogP contribution < -0.4 is 5.32 Å². The summed E-state index contributed by atoms with van der Waals surface area (Å²) >= 11 is 0. The van der Waals surface area contributed by atoms with Crippen molar-refractivity contribution < 1.29 is 14.0 Å². The molecule has 1 heterocycles. The minimum atomic E-state index is -0.629. The van der Waals surface area contributed by atoms with E-state index in [-0.39, 0.29) is 11.8 Å². The first-order valence-electron chi connectivity index (χ1n) is 8.75. The molecule has 0 aliphatic rings. The van der Waals surface area contributed by atoms with E-state index >= 15 is 0 Å². The van der Waals surface area contributed by atoms with E-state index in [0.29, 0.717) is 12.2 Å². The summed E-state index contributed by atoms with van der Waals surface area (Å²) in [6, 6.07) is 18.5. The lowest BCUT2D eigenvalue weighted by Crippen LogP contribution is -2.47. The van der Waals surface area contributed by atoms with E-state index < -0.39 is 6.04 Å². The Balaban J connectivity index is 1.70. The lowest BCUT2D eigenvalue weighted by molar-refractivity contribution is -0.133. The summed E-state index contributed by atoms with van der Waals surface area (Å²) in [5.74, 6) is 0.0980. The molecule has 1 unspecified atom stereocenters. The lowest BCUT2D eigenvalue weighted by atomic mass is 10.0. The molecule has 2 amide bonds. The number of hydrogen-bond donors (Lipinski definition) is 1. The zero-order valence-corrected chi connectivity index (χ0v) is 15.4. The molecular formula is C22H22N2O3. The van der Waals surface area contributed by atoms with Gasteiger partial charge in [-0.3, -0.25) is 9.59 Å². The number of carbonyl (C=O) groups excluding carboxylic acids is 2. The monoisotopic (exact) mass is 362 g/mol. The van der Waals surface area contributed by atoms with Crippen molar-refractivity contribution in [3.8, 4) is 0 Å². The van der Waals surface area contributed by atoms with Crippen molar-refractivity contribution in [2.75, 3.05) is 14.1 Å². The Morgan fingerprint density at radius 3 is 2.48 bits per heavy atom. The molecule has 5 heteroatoms. The zero-order valence-electron chi connectivity index (χ0n) is 15.4. The summed E-state index contributed by atoms with van der Waals surface area (Å²) < 4.78 is 5.66. The molecule has 3 aromatic rings. The first-order chi connectivity index (χ1) is 13.0. The van der Waals surface area contributed by atoms with Crippen LogP contribution in [0.2, 0.25) is 0 Å². The SMILES string of the molecule is CN(C)C(=O)C(Cc1ccccc1)NC(=O)C=Cc1cc2ccccc2o1. The maximum atomic E-state index is 12.4. The Labute approximate surface area is 158 Å². The molecule has 1 atom stereocenters. The van der Waals surface area contributed by atoms with Gasteiger partial charge in [0.1, 0.15) is 17.4 Å². The van der Waals surface area contributed by atoms with Gasteiger partial charge in [-0.25, -0.2) is 0 Å². The number of furan rings is 1. The summed E-state index contributed by atoms with van der Waals surface area (Å²) in [5, 5.41) is 3.77. The Morgan fingerprint density at radius 1 is 1.07 bits per heavy atom. The summed E-state index contributed by atoms with van der Waals surface area (Å²) in [5.41, 5.74) is 1.75. The van der Waals surface area contributed by atoms with E-state index in [4.69, 9.17) is 4.42 Å². The van der Waals surface area contributed by atoms with Gasteiger partial charge >= 0.3 is 0 Å². The smallest absolute Gasteiger partial charge is 0.244 e. The van der Waals surface area contributed by atoms with E-state index in [1.807, 2.05) is 60.7 Å². The number of nitrogens with zero attached hydrogens (tertiary/aromatic N) is 1. The van der Waals surface area contributed by atoms with Crippen LogP contribution in [0.15, 0.2) is 71.2 Å². The van der Waals surface area contributed by atoms with Gasteiger partial charge in [-0.1, -0.05) is 48.5 Å². The first kappa shape index (κ1) is 18.5. The second-order valence-electron chi connectivity index (χ2n) is 6.50. The van der Waals surface area contributed by atoms with Gasteiger partial charge < -0.3 is 14.6 Å². The highest BCUT2D eigenvalue weighted by molar-refractivity contribution is 5.95. The standard InChI is InChI=1S/C22H22N2O3/c1-24(2)22(26)19(14-16-8-4-3-5-9-16)23-21(25)13-12-18-15-17-10-6-7-11-20(17)27-18/h3-13,15,19H,14H2,1-2H3,(H,23,25). The number of para-hydroxylation sites is 1. The minimum absolute atomic E-state index is 0.149. The van der Waals surface area contributed by atoms with Crippen molar-refractivity contribution in [3.05, 3.63) is 78.1 Å². The van der Waals surface area contributed by atoms with Crippen LogP contribution in [0, 0.1) is 0 Å². The fraction of sp³-hybridized carbons (Fsp3) is 0.182. The number of fused-ring (bicyclic) bond motifs is 1. The fourth-order valence-corrected chi connectivity index (χ4v) is 2.82. The van der Waals surface area contributed by atoms with Gasteiger partial charge in [0, 0.05) is 32.0 Å². The average Bonchev–Trinajstić information content (AvgIpc) is 3.09. The van der Waals surface area contributed by atoms with E-state index in [2.05, 4.69) is 5.32 Å². The maximum Gasteiger partial charge on any atom is 0.244 e. The third kappa shape index (κ3) is 4.85. The van der Waals surface area contributed by atoms with Crippen LogP contribution in [0.1, 0.15) is 11.3 Å². The fourth-order valence-electron chi connectivity index (χ4n) is 2.82. The number of likely N-dealkylation sites (N-methyl/N-ethyl adjacent to an activating group) is 1. The molecule has 5 nitrogen and oxygen atoms in total. The van der Waals surface area contributed by atoms with Crippen molar-refractivity contribution in [2.45, 2.75) is 12.5 Å². The zero-order chi connectivity index (χ0) is 19.2. The van der Waals surface area contributed by atoms with Crippen molar-refractivity contribution in [2.24, 2.45) is 0 Å². The second-order valence-corrected chi connectivity index (χ2v) is 6.50. The van der Waals surface area contributed by atoms with Gasteiger partial charge in [-0.05, 0) is 23.8 Å². The van der Waals surface area contributed by atoms with E-state index in [1.165, 1.54) is 11.0 Å². The predicted octanol–water partition coefficient (Wildman–Crippen LogP) is 3.26. The summed E-state index contributed by atoms with van der Waals surface area (Å²) in [4.78, 5) is 26.3. The molecule has 0 aliphatic heterocycles. The largest absolute Gasteiger partial charge is 0.457 e. The molecule has 0 aliphatic carbocycles. The maximum absolute atomic E-state index is 12.4. The van der Waals surface area contributed by atoms with Crippen LogP contribution in [0.3, 0.4) is 0 Å². The number of nitrogens with one attached hydrogen (secondary N) is 1. The van der Waals surface area contributed by atoms with E-state index in [1.54, 1.807) is 20.2 Å². The van der Waals surface area contributed by atoms with Crippen molar-refractivity contribution >= 4 is 28.9 Å². The molecule has 0 bridgehead atoms. The normalized spacial score (nSPS) is 12.2. The molecule has 2 aromatic carbocycles. The molecule has 0 radical (unpaired) electrons. The van der Waals surface area contributed by atoms with Gasteiger partial charge in [0.2, 0.25) is 11.8 Å². The van der Waals surface area contributed by atoms with E-state index in [9.17, 15) is 9.59 Å². The third-order valence-corrected chi connectivity index (χ3v) is 4.18. The molecule has 0 saturated carbocycles. The Bertz CT molecular complexity index is 925. The Morgan fingerprint density at radius 2 is 1.78 bits per heavy atom. The summed E-state index contributed by atoms with van der Waals surface area (Å²) in [7, 11) is 3.35. The van der Waals surface area contributed by atoms with Crippen molar-refractivity contribution in [1.82, 2.24) is 10.2 Å². The summed E-state index contributed by atoms with van der Waals surface area (Å²) in [6.07, 6.45) is 3.43. The summed E-state index contributed by atoms with van der Waals surface area (Å²) in [6.45, 7) is 0. The minimum Gasteiger partial charge on any atom is -0.457 e. The highest BCUT2D eigenvalue weighted by Gasteiger charge is 2.22. The van der Waals surface area contributed by atoms with Gasteiger partial charge in [-0.2, -0.15) is 0 Å². The number of benzene rings is 2. The molecule has 0 saturated heterocycles. The van der Waals surface area contributed by atoms with Crippen molar-refractivity contribution in [1.29, 1.82) is 0 Å². The number of amides is 2. The van der Waals surface area contributed by atoms with Crippen molar-refractivity contribution in [3.63, 3.8) is 0 Å². The predicted molar refractivity (Wildman–Crippen MR) is 106 cm³/mol. The highest BCUT2D eigenvalue weighted by Crippen LogP contribution is 2.19. The highest BCUT2D eigenvalue weighted by atomic mass is 16.3. The van der Waals surface area contributed by atoms with Gasteiger partial charge in [0.25, 0.3) is 0 Å². The Hall–Kier alpha value is -3.34. The quantitative estimate of drug-likeness (QED) is 0.685. The van der Waals surface area contributed by atoms with Crippen LogP contribution in [-0.2, 0) is 16.0 Å². The molecule has 138 valence electrons. The number of hydrogen-bond acceptors (Lipinski definition) is 3. The molecule has 1 N–H and O–H groups in total. The second kappa shape index (κ2) is 8.36. The van der Waals surface area contributed by atoms with Crippen LogP contribution in [0.25, 0.3) is 17.0 Å². The molecule has 1 aromatic heterocycles.